The largest absolute Gasteiger partial charge is 0.447 e. The SMILES string of the molecule is CCN1CCN(CC2(NC(=O)OC(C)C)CCN(C(C)C)CC2)CC1. The van der Waals surface area contributed by atoms with Crippen molar-refractivity contribution in [3.05, 3.63) is 0 Å². The maximum Gasteiger partial charge on any atom is 0.407 e. The van der Waals surface area contributed by atoms with Gasteiger partial charge in [0.25, 0.3) is 0 Å². The molecule has 2 fully saturated rings. The Kier molecular flexibility index (Phi) is 7.52. The number of carbonyl (C=O) groups excluding carboxylic acids is 1. The minimum absolute atomic E-state index is 0.0825. The molecule has 2 aliphatic rings. The molecule has 0 saturated carbocycles. The Bertz CT molecular complexity index is 412. The third kappa shape index (κ3) is 6.12. The average molecular weight is 355 g/mol. The van der Waals surface area contributed by atoms with E-state index in [1.807, 2.05) is 13.8 Å². The molecule has 0 atom stereocenters. The summed E-state index contributed by atoms with van der Waals surface area (Å²) in [6, 6.07) is 0.564. The first-order valence-electron chi connectivity index (χ1n) is 10.0. The van der Waals surface area contributed by atoms with E-state index in [2.05, 4.69) is 40.8 Å². The van der Waals surface area contributed by atoms with Gasteiger partial charge in [-0.25, -0.2) is 4.79 Å². The van der Waals surface area contributed by atoms with Gasteiger partial charge in [0, 0.05) is 51.9 Å². The van der Waals surface area contributed by atoms with Gasteiger partial charge in [0.1, 0.15) is 0 Å². The second kappa shape index (κ2) is 9.19. The first-order valence-corrected chi connectivity index (χ1v) is 10.0. The number of piperidine rings is 1. The molecule has 0 aromatic rings. The number of likely N-dealkylation sites (tertiary alicyclic amines) is 1. The van der Waals surface area contributed by atoms with E-state index < -0.39 is 0 Å². The van der Waals surface area contributed by atoms with Crippen LogP contribution in [0.2, 0.25) is 0 Å². The van der Waals surface area contributed by atoms with E-state index >= 15 is 0 Å². The summed E-state index contributed by atoms with van der Waals surface area (Å²) in [5.74, 6) is 0. The van der Waals surface area contributed by atoms with Crippen molar-refractivity contribution in [1.82, 2.24) is 20.0 Å². The standard InChI is InChI=1S/C19H38N4O2/c1-6-21-11-13-22(14-12-21)15-19(20-18(24)25-17(4)5)7-9-23(10-8-19)16(2)3/h16-17H,6-15H2,1-5H3,(H,20,24). The van der Waals surface area contributed by atoms with Gasteiger partial charge in [0.15, 0.2) is 0 Å². The zero-order valence-electron chi connectivity index (χ0n) is 16.9. The fourth-order valence-corrected chi connectivity index (χ4v) is 3.94. The molecule has 146 valence electrons. The van der Waals surface area contributed by atoms with Crippen molar-refractivity contribution >= 4 is 6.09 Å². The molecule has 0 aromatic carbocycles. The van der Waals surface area contributed by atoms with Crippen molar-refractivity contribution in [3.8, 4) is 0 Å². The van der Waals surface area contributed by atoms with Gasteiger partial charge in [-0.1, -0.05) is 6.92 Å². The van der Waals surface area contributed by atoms with Crippen LogP contribution in [0.25, 0.3) is 0 Å². The molecule has 2 heterocycles. The van der Waals surface area contributed by atoms with E-state index in [9.17, 15) is 4.79 Å². The lowest BCUT2D eigenvalue weighted by molar-refractivity contribution is 0.0461. The van der Waals surface area contributed by atoms with Crippen LogP contribution in [0.15, 0.2) is 0 Å². The van der Waals surface area contributed by atoms with E-state index in [0.717, 1.165) is 65.2 Å². The number of ether oxygens (including phenoxy) is 1. The molecule has 1 amide bonds. The van der Waals surface area contributed by atoms with E-state index in [-0.39, 0.29) is 17.7 Å². The Labute approximate surface area is 153 Å². The monoisotopic (exact) mass is 354 g/mol. The number of carbonyl (C=O) groups is 1. The molecule has 0 radical (unpaired) electrons. The molecule has 6 nitrogen and oxygen atoms in total. The number of amides is 1. The molecular formula is C19H38N4O2. The topological polar surface area (TPSA) is 48.1 Å². The van der Waals surface area contributed by atoms with Gasteiger partial charge in [0.05, 0.1) is 11.6 Å². The number of piperazine rings is 1. The van der Waals surface area contributed by atoms with Crippen LogP contribution in [0.5, 0.6) is 0 Å². The molecule has 25 heavy (non-hydrogen) atoms. The highest BCUT2D eigenvalue weighted by Crippen LogP contribution is 2.26. The highest BCUT2D eigenvalue weighted by molar-refractivity contribution is 5.68. The summed E-state index contributed by atoms with van der Waals surface area (Å²) in [5, 5.41) is 3.25. The van der Waals surface area contributed by atoms with E-state index in [0.29, 0.717) is 6.04 Å². The number of rotatable bonds is 6. The molecule has 2 saturated heterocycles. The zero-order chi connectivity index (χ0) is 18.4. The lowest BCUT2D eigenvalue weighted by Crippen LogP contribution is -2.63. The molecule has 2 rings (SSSR count). The van der Waals surface area contributed by atoms with Crippen molar-refractivity contribution in [2.75, 3.05) is 52.4 Å². The third-order valence-electron chi connectivity index (χ3n) is 5.63. The predicted octanol–water partition coefficient (Wildman–Crippen LogP) is 2.00. The molecule has 0 spiro atoms. The number of nitrogens with zero attached hydrogens (tertiary/aromatic N) is 3. The van der Waals surface area contributed by atoms with Crippen molar-refractivity contribution in [1.29, 1.82) is 0 Å². The number of nitrogens with one attached hydrogen (secondary N) is 1. The highest BCUT2D eigenvalue weighted by atomic mass is 16.6. The zero-order valence-corrected chi connectivity index (χ0v) is 16.9. The molecule has 6 heteroatoms. The van der Waals surface area contributed by atoms with E-state index in [1.54, 1.807) is 0 Å². The molecule has 0 bridgehead atoms. The Morgan fingerprint density at radius 1 is 1.00 bits per heavy atom. The normalized spacial score (nSPS) is 23.2. The van der Waals surface area contributed by atoms with Crippen LogP contribution in [0.4, 0.5) is 4.79 Å². The first kappa shape index (κ1) is 20.5. The van der Waals surface area contributed by atoms with Crippen molar-refractivity contribution in [2.45, 2.75) is 65.1 Å². The van der Waals surface area contributed by atoms with Gasteiger partial charge in [-0.05, 0) is 47.1 Å². The van der Waals surface area contributed by atoms with Crippen LogP contribution >= 0.6 is 0 Å². The van der Waals surface area contributed by atoms with Gasteiger partial charge >= 0.3 is 6.09 Å². The predicted molar refractivity (Wildman–Crippen MR) is 102 cm³/mol. The molecule has 1 N–H and O–H groups in total. The summed E-state index contributed by atoms with van der Waals surface area (Å²) in [6.07, 6.45) is 1.64. The highest BCUT2D eigenvalue weighted by Gasteiger charge is 2.39. The molecule has 0 aromatic heterocycles. The maximum absolute atomic E-state index is 12.3. The van der Waals surface area contributed by atoms with Gasteiger partial charge in [-0.2, -0.15) is 0 Å². The lowest BCUT2D eigenvalue weighted by atomic mass is 9.86. The van der Waals surface area contributed by atoms with Crippen molar-refractivity contribution in [3.63, 3.8) is 0 Å². The van der Waals surface area contributed by atoms with Crippen LogP contribution in [-0.2, 0) is 4.74 Å². The molecule has 0 unspecified atom stereocenters. The molecule has 0 aliphatic carbocycles. The number of alkyl carbamates (subject to hydrolysis) is 1. The van der Waals surface area contributed by atoms with E-state index in [4.69, 9.17) is 4.74 Å². The van der Waals surface area contributed by atoms with Crippen molar-refractivity contribution < 1.29 is 9.53 Å². The maximum atomic E-state index is 12.3. The number of hydrogen-bond acceptors (Lipinski definition) is 5. The lowest BCUT2D eigenvalue weighted by Gasteiger charge is -2.47. The Morgan fingerprint density at radius 3 is 2.04 bits per heavy atom. The summed E-state index contributed by atoms with van der Waals surface area (Å²) in [7, 11) is 0. The number of likely N-dealkylation sites (N-methyl/N-ethyl adjacent to an activating group) is 1. The molecule has 2 aliphatic heterocycles. The fourth-order valence-electron chi connectivity index (χ4n) is 3.94. The Hall–Kier alpha value is -0.850. The van der Waals surface area contributed by atoms with Gasteiger partial charge in [-0.3, -0.25) is 4.90 Å². The first-order chi connectivity index (χ1) is 11.8. The van der Waals surface area contributed by atoms with Gasteiger partial charge < -0.3 is 19.9 Å². The molecular weight excluding hydrogens is 316 g/mol. The van der Waals surface area contributed by atoms with E-state index in [1.165, 1.54) is 0 Å². The van der Waals surface area contributed by atoms with Gasteiger partial charge in [0.2, 0.25) is 0 Å². The van der Waals surface area contributed by atoms with Crippen LogP contribution < -0.4 is 5.32 Å². The third-order valence-corrected chi connectivity index (χ3v) is 5.63. The van der Waals surface area contributed by atoms with Crippen molar-refractivity contribution in [2.24, 2.45) is 0 Å². The number of hydrogen-bond donors (Lipinski definition) is 1. The quantitative estimate of drug-likeness (QED) is 0.791. The minimum Gasteiger partial charge on any atom is -0.447 e. The summed E-state index contributed by atoms with van der Waals surface area (Å²) in [4.78, 5) is 19.8. The fraction of sp³-hybridized carbons (Fsp3) is 0.947. The van der Waals surface area contributed by atoms with Crippen LogP contribution in [0.1, 0.15) is 47.5 Å². The Morgan fingerprint density at radius 2 is 1.56 bits per heavy atom. The average Bonchev–Trinajstić information content (AvgIpc) is 2.55. The minimum atomic E-state index is -0.264. The summed E-state index contributed by atoms with van der Waals surface area (Å²) >= 11 is 0. The second-order valence-corrected chi connectivity index (χ2v) is 8.20. The summed E-state index contributed by atoms with van der Waals surface area (Å²) in [5.41, 5.74) is -0.161. The van der Waals surface area contributed by atoms with Crippen LogP contribution in [-0.4, -0.2) is 90.8 Å². The summed E-state index contributed by atoms with van der Waals surface area (Å²) in [6.45, 7) is 19.1. The smallest absolute Gasteiger partial charge is 0.407 e. The second-order valence-electron chi connectivity index (χ2n) is 8.20. The van der Waals surface area contributed by atoms with Crippen LogP contribution in [0, 0.1) is 0 Å². The van der Waals surface area contributed by atoms with Gasteiger partial charge in [-0.15, -0.1) is 0 Å². The Balaban J connectivity index is 1.98. The summed E-state index contributed by atoms with van der Waals surface area (Å²) < 4.78 is 5.39. The van der Waals surface area contributed by atoms with Crippen LogP contribution in [0.3, 0.4) is 0 Å².